The average molecular weight is 728 g/mol. The third kappa shape index (κ3) is 8.14. The Kier molecular flexibility index (Phi) is 10.3. The van der Waals surface area contributed by atoms with Crippen LogP contribution in [0.5, 0.6) is 5.88 Å². The van der Waals surface area contributed by atoms with Gasteiger partial charge in [-0.05, 0) is 62.3 Å². The molecule has 0 radical (unpaired) electrons. The number of likely N-dealkylation sites (tertiary alicyclic amines) is 1. The van der Waals surface area contributed by atoms with Crippen molar-refractivity contribution in [3.63, 3.8) is 0 Å². The highest BCUT2D eigenvalue weighted by molar-refractivity contribution is 6.30. The molecule has 1 amide bonds. The number of amides is 1. The molecule has 2 aliphatic heterocycles. The fourth-order valence-corrected chi connectivity index (χ4v) is 6.80. The lowest BCUT2D eigenvalue weighted by atomic mass is 9.76. The summed E-state index contributed by atoms with van der Waals surface area (Å²) in [5.74, 6) is -0.845. The number of carbonyl (C=O) groups excluding carboxylic acids is 2. The van der Waals surface area contributed by atoms with Crippen LogP contribution in [0.15, 0.2) is 66.9 Å². The number of rotatable bonds is 9. The minimum Gasteiger partial charge on any atom is -0.464 e. The van der Waals surface area contributed by atoms with Gasteiger partial charge in [0.25, 0.3) is 0 Å². The van der Waals surface area contributed by atoms with E-state index >= 15 is 0 Å². The van der Waals surface area contributed by atoms with E-state index in [2.05, 4.69) is 15.1 Å². The van der Waals surface area contributed by atoms with Crippen molar-refractivity contribution < 1.29 is 37.0 Å². The van der Waals surface area contributed by atoms with Gasteiger partial charge in [-0.1, -0.05) is 48.0 Å². The summed E-state index contributed by atoms with van der Waals surface area (Å²) in [5.41, 5.74) is 6.87. The predicted octanol–water partition coefficient (Wildman–Crippen LogP) is 6.45. The second kappa shape index (κ2) is 14.7. The van der Waals surface area contributed by atoms with Gasteiger partial charge in [-0.15, -0.1) is 0 Å². The Hall–Kier alpha value is -5.05. The van der Waals surface area contributed by atoms with Crippen LogP contribution in [-0.4, -0.2) is 75.2 Å². The third-order valence-corrected chi connectivity index (χ3v) is 9.38. The molecule has 2 atom stereocenters. The molecule has 270 valence electrons. The number of benzene rings is 2. The Morgan fingerprint density at radius 2 is 1.80 bits per heavy atom. The minimum atomic E-state index is -4.85. The quantitative estimate of drug-likeness (QED) is 0.192. The summed E-state index contributed by atoms with van der Waals surface area (Å²) in [6, 6.07) is 15.4. The molecular formula is C35H37ClF3N7O5. The van der Waals surface area contributed by atoms with Gasteiger partial charge in [-0.3, -0.25) is 4.90 Å². The van der Waals surface area contributed by atoms with E-state index < -0.39 is 35.8 Å². The van der Waals surface area contributed by atoms with Gasteiger partial charge in [0.05, 0.1) is 18.0 Å². The number of piperidine rings is 1. The lowest BCUT2D eigenvalue weighted by molar-refractivity contribution is -0.198. The number of nitrogens with two attached hydrogens (primary N) is 1. The van der Waals surface area contributed by atoms with Crippen molar-refractivity contribution in [2.75, 3.05) is 36.9 Å². The number of esters is 1. The van der Waals surface area contributed by atoms with Gasteiger partial charge in [0.1, 0.15) is 18.5 Å². The molecule has 4 aromatic rings. The number of aryl methyl sites for hydroxylation is 1. The molecule has 0 saturated carbocycles. The van der Waals surface area contributed by atoms with Crippen molar-refractivity contribution in [2.45, 2.75) is 58.0 Å². The molecule has 0 bridgehead atoms. The zero-order valence-electron chi connectivity index (χ0n) is 28.0. The lowest BCUT2D eigenvalue weighted by Gasteiger charge is -2.39. The van der Waals surface area contributed by atoms with Crippen LogP contribution in [-0.2, 0) is 20.9 Å². The molecule has 6 rings (SSSR count). The lowest BCUT2D eigenvalue weighted by Crippen LogP contribution is -2.43. The van der Waals surface area contributed by atoms with Gasteiger partial charge in [-0.25, -0.2) is 14.3 Å². The summed E-state index contributed by atoms with van der Waals surface area (Å²) < 4.78 is 61.7. The van der Waals surface area contributed by atoms with Crippen molar-refractivity contribution >= 4 is 35.4 Å². The van der Waals surface area contributed by atoms with Crippen molar-refractivity contribution in [2.24, 2.45) is 5.41 Å². The average Bonchev–Trinajstić information content (AvgIpc) is 3.70. The molecule has 2 aromatic carbocycles. The summed E-state index contributed by atoms with van der Waals surface area (Å²) in [5, 5.41) is 4.49. The number of alkyl halides is 3. The second-order valence-corrected chi connectivity index (χ2v) is 13.1. The number of anilines is 2. The Balaban J connectivity index is 1.19. The zero-order valence-corrected chi connectivity index (χ0v) is 28.7. The summed E-state index contributed by atoms with van der Waals surface area (Å²) in [6.45, 7) is 4.76. The van der Waals surface area contributed by atoms with Gasteiger partial charge in [0, 0.05) is 42.5 Å². The van der Waals surface area contributed by atoms with E-state index in [-0.39, 0.29) is 53.7 Å². The Labute approximate surface area is 297 Å². The van der Waals surface area contributed by atoms with Crippen molar-refractivity contribution in [3.8, 4) is 11.6 Å². The highest BCUT2D eigenvalue weighted by atomic mass is 35.5. The van der Waals surface area contributed by atoms with Gasteiger partial charge in [0.15, 0.2) is 0 Å². The molecule has 16 heteroatoms. The van der Waals surface area contributed by atoms with Crippen LogP contribution in [0, 0.1) is 12.3 Å². The molecule has 2 fully saturated rings. The SMILES string of the molecule is CCOC(=O)[C@H]1CC2(CCN(c3cc(OC(c4ccc(Cl)cc4-n4ccc(C)n4)C(F)(F)F)nc(N)n3)CC2)CN1C(=O)OCc1ccccc1. The number of carbonyl (C=O) groups is 2. The number of ether oxygens (including phenoxy) is 3. The number of hydrogen-bond donors (Lipinski definition) is 1. The van der Waals surface area contributed by atoms with Crippen molar-refractivity contribution in [1.82, 2.24) is 24.6 Å². The van der Waals surface area contributed by atoms with E-state index in [4.69, 9.17) is 31.5 Å². The van der Waals surface area contributed by atoms with Crippen molar-refractivity contribution in [1.29, 1.82) is 0 Å². The molecule has 2 saturated heterocycles. The predicted molar refractivity (Wildman–Crippen MR) is 181 cm³/mol. The highest BCUT2D eigenvalue weighted by Gasteiger charge is 2.51. The van der Waals surface area contributed by atoms with E-state index in [0.29, 0.717) is 38.0 Å². The van der Waals surface area contributed by atoms with Crippen LogP contribution >= 0.6 is 11.6 Å². The fourth-order valence-electron chi connectivity index (χ4n) is 6.64. The van der Waals surface area contributed by atoms with Crippen LogP contribution in [0.3, 0.4) is 0 Å². The first-order chi connectivity index (χ1) is 24.3. The summed E-state index contributed by atoms with van der Waals surface area (Å²) in [4.78, 5) is 37.8. The van der Waals surface area contributed by atoms with E-state index in [1.54, 1.807) is 19.9 Å². The standard InChI is InChI=1S/C35H37ClF3N7O5/c1-3-49-31(47)27-19-34(21-45(27)33(48)50-20-23-7-5-4-6-8-23)12-15-44(16-13-34)28-18-29(42-32(40)41-28)51-30(35(37,38)39)25-10-9-24(36)17-26(25)46-14-11-22(2)43-46/h4-11,14,17-18,27,30H,3,12-13,15-16,19-21H2,1-2H3,(H2,40,41,42)/t27-,30?/m1/s1. The molecule has 2 aliphatic rings. The largest absolute Gasteiger partial charge is 0.464 e. The van der Waals surface area contributed by atoms with Crippen molar-refractivity contribution in [3.05, 3.63) is 88.7 Å². The van der Waals surface area contributed by atoms with Gasteiger partial charge >= 0.3 is 18.2 Å². The number of nitrogens with zero attached hydrogens (tertiary/aromatic N) is 6. The first-order valence-corrected chi connectivity index (χ1v) is 16.8. The number of hydrogen-bond acceptors (Lipinski definition) is 10. The molecule has 51 heavy (non-hydrogen) atoms. The van der Waals surface area contributed by atoms with Gasteiger partial charge in [0.2, 0.25) is 17.9 Å². The minimum absolute atomic E-state index is 0.0590. The van der Waals surface area contributed by atoms with Gasteiger partial charge < -0.3 is 24.8 Å². The van der Waals surface area contributed by atoms with E-state index in [1.165, 1.54) is 40.0 Å². The van der Waals surface area contributed by atoms with Crippen LogP contribution in [0.2, 0.25) is 5.02 Å². The maximum absolute atomic E-state index is 14.6. The first-order valence-electron chi connectivity index (χ1n) is 16.4. The molecule has 2 N–H and O–H groups in total. The Bertz CT molecular complexity index is 1870. The molecule has 2 aromatic heterocycles. The van der Waals surface area contributed by atoms with Crippen LogP contribution < -0.4 is 15.4 Å². The fraction of sp³-hybridized carbons (Fsp3) is 0.400. The van der Waals surface area contributed by atoms with E-state index in [9.17, 15) is 22.8 Å². The van der Waals surface area contributed by atoms with Crippen LogP contribution in [0.4, 0.5) is 29.7 Å². The molecule has 0 aliphatic carbocycles. The summed E-state index contributed by atoms with van der Waals surface area (Å²) in [7, 11) is 0. The maximum atomic E-state index is 14.6. The smallest absolute Gasteiger partial charge is 0.429 e. The number of nitrogen functional groups attached to an aromatic ring is 1. The van der Waals surface area contributed by atoms with E-state index in [1.807, 2.05) is 35.2 Å². The zero-order chi connectivity index (χ0) is 36.3. The first kappa shape index (κ1) is 35.8. The van der Waals surface area contributed by atoms with Crippen LogP contribution in [0.1, 0.15) is 49.1 Å². The highest BCUT2D eigenvalue weighted by Crippen LogP contribution is 2.45. The molecule has 4 heterocycles. The number of halogens is 4. The monoisotopic (exact) mass is 727 g/mol. The maximum Gasteiger partial charge on any atom is 0.429 e. The molecule has 1 unspecified atom stereocenters. The summed E-state index contributed by atoms with van der Waals surface area (Å²) >= 11 is 6.17. The molecule has 1 spiro atoms. The van der Waals surface area contributed by atoms with Crippen LogP contribution in [0.25, 0.3) is 5.69 Å². The molecule has 12 nitrogen and oxygen atoms in total. The Morgan fingerprint density at radius 3 is 2.47 bits per heavy atom. The topological polar surface area (TPSA) is 138 Å². The summed E-state index contributed by atoms with van der Waals surface area (Å²) in [6.07, 6.45) is -4.88. The number of aromatic nitrogens is 4. The normalized spacial score (nSPS) is 17.7. The molecular weight excluding hydrogens is 691 g/mol. The van der Waals surface area contributed by atoms with E-state index in [0.717, 1.165) is 5.56 Å². The third-order valence-electron chi connectivity index (χ3n) is 9.14. The Morgan fingerprint density at radius 1 is 1.06 bits per heavy atom. The van der Waals surface area contributed by atoms with Gasteiger partial charge in [-0.2, -0.15) is 28.2 Å². The second-order valence-electron chi connectivity index (χ2n) is 12.7.